The summed E-state index contributed by atoms with van der Waals surface area (Å²) >= 11 is 2.53. The van der Waals surface area contributed by atoms with Crippen LogP contribution in [0.15, 0.2) is 0 Å². The average Bonchev–Trinajstić information content (AvgIpc) is 3.45. The summed E-state index contributed by atoms with van der Waals surface area (Å²) in [6.07, 6.45) is 80.0. The fourth-order valence-corrected chi connectivity index (χ4v) is 19.6. The first-order valence-corrected chi connectivity index (χ1v) is 41.3. The Labute approximate surface area is 512 Å². The molecular formula is C74H152N2S3. The smallest absolute Gasteiger partial charge is 0.0821 e. The molecule has 2 nitrogen and oxygen atoms in total. The van der Waals surface area contributed by atoms with Gasteiger partial charge in [-0.15, -0.1) is 0 Å². The van der Waals surface area contributed by atoms with Crippen molar-refractivity contribution in [1.29, 1.82) is 0 Å². The first-order chi connectivity index (χ1) is 39.1. The minimum atomic E-state index is 0.327. The van der Waals surface area contributed by atoms with Gasteiger partial charge in [-0.1, -0.05) is 375 Å². The molecule has 0 radical (unpaired) electrons. The normalized spacial score (nSPS) is 12.0. The highest BCUT2D eigenvalue weighted by molar-refractivity contribution is 8.46. The van der Waals surface area contributed by atoms with Crippen LogP contribution in [0.3, 0.4) is 0 Å². The highest BCUT2D eigenvalue weighted by atomic mass is 32.2. The fraction of sp³-hybridized carbons (Fsp3) is 0.973. The number of thioether (sulfide) groups is 1. The molecule has 0 N–H and O–H groups in total. The molecule has 0 aromatic heterocycles. The van der Waals surface area contributed by atoms with Crippen LogP contribution in [0.25, 0.3) is 0 Å². The molecule has 0 atom stereocenters. The zero-order valence-electron chi connectivity index (χ0n) is 56.4. The van der Waals surface area contributed by atoms with E-state index in [1.54, 1.807) is 0 Å². The number of rotatable bonds is 64. The van der Waals surface area contributed by atoms with E-state index in [9.17, 15) is 0 Å². The molecule has 476 valence electrons. The van der Waals surface area contributed by atoms with Crippen LogP contribution in [0, 0.1) is 0 Å². The Morgan fingerprint density at radius 3 is 0.494 bits per heavy atom. The lowest BCUT2D eigenvalue weighted by Gasteiger charge is -2.34. The molecule has 0 fully saturated rings. The maximum Gasteiger partial charge on any atom is 0.0821 e. The van der Waals surface area contributed by atoms with E-state index in [2.05, 4.69) is 77.0 Å². The molecule has 0 aliphatic rings. The minimum absolute atomic E-state index is 0.327. The van der Waals surface area contributed by atoms with E-state index in [0.29, 0.717) is 21.0 Å². The van der Waals surface area contributed by atoms with Crippen molar-refractivity contribution in [3.8, 4) is 0 Å². The molecule has 0 aromatic carbocycles. The summed E-state index contributed by atoms with van der Waals surface area (Å²) in [7, 11) is 0.654. The highest BCUT2D eigenvalue weighted by Gasteiger charge is 2.24. The highest BCUT2D eigenvalue weighted by Crippen LogP contribution is 2.36. The van der Waals surface area contributed by atoms with Gasteiger partial charge in [-0.3, -0.25) is 9.80 Å². The molecule has 79 heavy (non-hydrogen) atoms. The lowest BCUT2D eigenvalue weighted by atomic mass is 10.1. The Bertz CT molecular complexity index is 1060. The average molecular weight is 1170 g/mol. The van der Waals surface area contributed by atoms with E-state index in [4.69, 9.17) is 0 Å². The second kappa shape index (κ2) is 67.8. The fourth-order valence-electron chi connectivity index (χ4n) is 11.8. The number of hydrogen-bond donors (Lipinski definition) is 0. The van der Waals surface area contributed by atoms with Gasteiger partial charge in [-0.2, -0.15) is 21.0 Å². The zero-order valence-corrected chi connectivity index (χ0v) is 58.8. The number of hydrogen-bond acceptors (Lipinski definition) is 1. The third-order valence-corrected chi connectivity index (χ3v) is 24.7. The van der Waals surface area contributed by atoms with Crippen molar-refractivity contribution in [1.82, 2.24) is 9.80 Å². The van der Waals surface area contributed by atoms with E-state index >= 15 is 0 Å². The van der Waals surface area contributed by atoms with Crippen LogP contribution in [-0.2, 0) is 0 Å². The summed E-state index contributed by atoms with van der Waals surface area (Å²) in [5, 5.41) is 0. The molecule has 0 amide bonds. The predicted octanol–water partition coefficient (Wildman–Crippen LogP) is 27.0. The Hall–Kier alpha value is 0.710. The molecule has 0 bridgehead atoms. The largest absolute Gasteiger partial charge is 0.264 e. The predicted molar refractivity (Wildman–Crippen MR) is 379 cm³/mol. The molecule has 0 saturated heterocycles. The summed E-state index contributed by atoms with van der Waals surface area (Å²) in [6.45, 7) is 24.4. The molecule has 0 heterocycles. The minimum Gasteiger partial charge on any atom is -0.264 e. The van der Waals surface area contributed by atoms with E-state index in [1.165, 1.54) is 409 Å². The molecule has 0 unspecified atom stereocenters. The van der Waals surface area contributed by atoms with Gasteiger partial charge in [0.15, 0.2) is 0 Å². The summed E-state index contributed by atoms with van der Waals surface area (Å²) in [4.78, 5) is 6.38. The van der Waals surface area contributed by atoms with Gasteiger partial charge in [0.2, 0.25) is 0 Å². The molecule has 0 aliphatic carbocycles. The van der Waals surface area contributed by atoms with Crippen molar-refractivity contribution in [3.05, 3.63) is 0 Å². The second-order valence-electron chi connectivity index (χ2n) is 25.4. The van der Waals surface area contributed by atoms with E-state index in [-0.39, 0.29) is 0 Å². The Morgan fingerprint density at radius 2 is 0.329 bits per heavy atom. The van der Waals surface area contributed by atoms with Crippen molar-refractivity contribution in [3.63, 3.8) is 0 Å². The van der Waals surface area contributed by atoms with Gasteiger partial charge in [-0.25, -0.2) is 0 Å². The van der Waals surface area contributed by atoms with Gasteiger partial charge in [0.1, 0.15) is 0 Å². The molecule has 0 aliphatic heterocycles. The van der Waals surface area contributed by atoms with Crippen LogP contribution in [0.5, 0.6) is 0 Å². The molecule has 0 saturated carbocycles. The second-order valence-corrected chi connectivity index (χ2v) is 31.3. The van der Waals surface area contributed by atoms with Crippen molar-refractivity contribution in [2.75, 3.05) is 49.2 Å². The Morgan fingerprint density at radius 1 is 0.190 bits per heavy atom. The molecule has 0 spiro atoms. The zero-order chi connectivity index (χ0) is 57.4. The van der Waals surface area contributed by atoms with Gasteiger partial charge < -0.3 is 0 Å². The summed E-state index contributed by atoms with van der Waals surface area (Å²) in [6, 6.07) is 0. The van der Waals surface area contributed by atoms with Gasteiger partial charge >= 0.3 is 0 Å². The van der Waals surface area contributed by atoms with Crippen LogP contribution in [0.2, 0.25) is 0 Å². The summed E-state index contributed by atoms with van der Waals surface area (Å²) < 4.78 is 3.87. The monoisotopic (exact) mass is 1170 g/mol. The number of nitrogens with zero attached hydrogens (tertiary/aromatic N) is 2. The maximum absolute atomic E-state index is 3.19. The third-order valence-electron chi connectivity index (χ3n) is 17.3. The quantitative estimate of drug-likeness (QED) is 0.0443. The van der Waals surface area contributed by atoms with Crippen molar-refractivity contribution >= 4 is 41.4 Å². The Kier molecular flexibility index (Phi) is 68.4. The third kappa shape index (κ3) is 53.9. The maximum atomic E-state index is 3.19. The van der Waals surface area contributed by atoms with Crippen molar-refractivity contribution < 1.29 is 0 Å². The summed E-state index contributed by atoms with van der Waals surface area (Å²) in [5.74, 6) is 5.84. The molecular weight excluding hydrogens is 1010 g/mol. The first-order valence-electron chi connectivity index (χ1n) is 37.3. The van der Waals surface area contributed by atoms with Gasteiger partial charge in [0.25, 0.3) is 0 Å². The molecule has 0 rings (SSSR count). The van der Waals surface area contributed by atoms with Crippen molar-refractivity contribution in [2.45, 2.75) is 415 Å². The van der Waals surface area contributed by atoms with Gasteiger partial charge in [0.05, 0.1) is 8.64 Å². The van der Waals surface area contributed by atoms with Crippen LogP contribution in [0.4, 0.5) is 0 Å². The lowest BCUT2D eigenvalue weighted by molar-refractivity contribution is 0.391. The van der Waals surface area contributed by atoms with E-state index < -0.39 is 0 Å². The molecule has 5 heteroatoms. The Balaban J connectivity index is 8.09. The van der Waals surface area contributed by atoms with Crippen LogP contribution < -0.4 is 0 Å². The summed E-state index contributed by atoms with van der Waals surface area (Å²) in [5.41, 5.74) is 0. The van der Waals surface area contributed by atoms with Gasteiger partial charge in [-0.05, 0) is 74.4 Å². The topological polar surface area (TPSA) is 6.48 Å². The van der Waals surface area contributed by atoms with Gasteiger partial charge in [0, 0.05) is 26.2 Å². The molecule has 0 aromatic rings. The SMILES string of the molecule is CCCCCCCCCN(CCCCCCCCC)C(SC(N(CCCCCCCCC)CCCCCCCCC)=S(CCCCCCCCC)CCCCCCCCC)=S(CCCCCCCCC)CCCCCCCCC. The van der Waals surface area contributed by atoms with Crippen molar-refractivity contribution in [2.24, 2.45) is 0 Å². The van der Waals surface area contributed by atoms with Crippen LogP contribution in [0.1, 0.15) is 415 Å². The number of unbranched alkanes of at least 4 members (excludes halogenated alkanes) is 48. The van der Waals surface area contributed by atoms with E-state index in [1.807, 2.05) is 8.64 Å². The van der Waals surface area contributed by atoms with Crippen LogP contribution >= 0.6 is 32.7 Å². The lowest BCUT2D eigenvalue weighted by Crippen LogP contribution is -2.37. The van der Waals surface area contributed by atoms with Crippen LogP contribution in [-0.4, -0.2) is 67.6 Å². The standard InChI is InChI=1S/C74H152N2S3/c1-9-17-25-33-41-49-57-65-75(66-58-50-42-34-26-18-10-2)73(78(69-61-53-45-37-29-21-13-5)70-62-54-46-38-30-22-14-6)77-74(76(67-59-51-43-35-27-19-11-3)68-60-52-44-36-28-20-12-4)79(71-63-55-47-39-31-23-15-7)72-64-56-48-40-32-24-16-8/h9-72H2,1-8H3. The van der Waals surface area contributed by atoms with E-state index in [0.717, 1.165) is 0 Å². The first kappa shape index (κ1) is 79.7.